The quantitative estimate of drug-likeness (QED) is 0.878. The Morgan fingerprint density at radius 3 is 2.58 bits per heavy atom. The minimum absolute atomic E-state index is 0.00415. The van der Waals surface area contributed by atoms with Gasteiger partial charge in [0, 0.05) is 12.7 Å². The Morgan fingerprint density at radius 2 is 2.05 bits per heavy atom. The van der Waals surface area contributed by atoms with Gasteiger partial charge in [-0.25, -0.2) is 0 Å². The molecule has 1 aromatic heterocycles. The van der Waals surface area contributed by atoms with Gasteiger partial charge < -0.3 is 10.4 Å². The van der Waals surface area contributed by atoms with E-state index < -0.39 is 0 Å². The maximum absolute atomic E-state index is 12.1. The number of carbonyl (C=O) groups is 1. The molecule has 5 heteroatoms. The van der Waals surface area contributed by atoms with Crippen LogP contribution in [0, 0.1) is 0 Å². The molecular formula is C14H17N3O2. The number of nitrogens with zero attached hydrogens (tertiary/aromatic N) is 2. The Bertz CT molecular complexity index is 573. The average Bonchev–Trinajstić information content (AvgIpc) is 2.81. The summed E-state index contributed by atoms with van der Waals surface area (Å²) in [5.41, 5.74) is 2.93. The van der Waals surface area contributed by atoms with Crippen molar-refractivity contribution in [3.05, 3.63) is 47.3 Å². The van der Waals surface area contributed by atoms with E-state index in [9.17, 15) is 4.79 Å². The third-order valence-corrected chi connectivity index (χ3v) is 2.92. The molecule has 0 aliphatic carbocycles. The summed E-state index contributed by atoms with van der Waals surface area (Å²) in [5.74, 6) is -0.188. The first-order valence-electron chi connectivity index (χ1n) is 6.18. The van der Waals surface area contributed by atoms with E-state index in [1.54, 1.807) is 42.1 Å². The van der Waals surface area contributed by atoms with Crippen molar-refractivity contribution < 1.29 is 9.90 Å². The van der Waals surface area contributed by atoms with E-state index in [4.69, 9.17) is 5.11 Å². The average molecular weight is 259 g/mol. The number of aliphatic hydroxyl groups is 1. The predicted octanol–water partition coefficient (Wildman–Crippen LogP) is 1.73. The zero-order chi connectivity index (χ0) is 13.8. The third-order valence-electron chi connectivity index (χ3n) is 2.92. The molecule has 0 radical (unpaired) electrons. The highest BCUT2D eigenvalue weighted by atomic mass is 16.3. The lowest BCUT2D eigenvalue weighted by Crippen LogP contribution is -2.16. The van der Waals surface area contributed by atoms with Gasteiger partial charge in [0.2, 0.25) is 0 Å². The van der Waals surface area contributed by atoms with Crippen molar-refractivity contribution in [2.24, 2.45) is 7.05 Å². The van der Waals surface area contributed by atoms with Gasteiger partial charge in [0.05, 0.1) is 12.3 Å². The number of nitrogens with one attached hydrogen (secondary N) is 1. The molecular weight excluding hydrogens is 242 g/mol. The van der Waals surface area contributed by atoms with E-state index in [-0.39, 0.29) is 12.5 Å². The van der Waals surface area contributed by atoms with Crippen LogP contribution in [0.1, 0.15) is 28.7 Å². The first kappa shape index (κ1) is 13.3. The fourth-order valence-electron chi connectivity index (χ4n) is 1.80. The molecule has 0 aliphatic heterocycles. The normalized spacial score (nSPS) is 10.5. The molecule has 0 aliphatic rings. The molecule has 0 unspecified atom stereocenters. The van der Waals surface area contributed by atoms with Gasteiger partial charge in [-0.1, -0.05) is 19.1 Å². The number of hydrogen-bond acceptors (Lipinski definition) is 3. The number of aromatic nitrogens is 2. The first-order chi connectivity index (χ1) is 9.13. The lowest BCUT2D eigenvalue weighted by molar-refractivity contribution is 0.101. The Morgan fingerprint density at radius 1 is 1.37 bits per heavy atom. The van der Waals surface area contributed by atoms with Crippen LogP contribution in [0.15, 0.2) is 30.3 Å². The largest absolute Gasteiger partial charge is 0.392 e. The SMILES string of the molecule is CCc1cc(C(=O)Nc2ccc(CO)cc2)n(C)n1. The van der Waals surface area contributed by atoms with E-state index >= 15 is 0 Å². The van der Waals surface area contributed by atoms with Crippen molar-refractivity contribution in [3.8, 4) is 0 Å². The van der Waals surface area contributed by atoms with Gasteiger partial charge in [0.1, 0.15) is 5.69 Å². The van der Waals surface area contributed by atoms with Crippen molar-refractivity contribution in [2.45, 2.75) is 20.0 Å². The number of carbonyl (C=O) groups excluding carboxylic acids is 1. The van der Waals surface area contributed by atoms with E-state index in [0.29, 0.717) is 11.4 Å². The Labute approximate surface area is 111 Å². The summed E-state index contributed by atoms with van der Waals surface area (Å²) in [6, 6.07) is 8.87. The van der Waals surface area contributed by atoms with Crippen LogP contribution < -0.4 is 5.32 Å². The van der Waals surface area contributed by atoms with Gasteiger partial charge in [0.15, 0.2) is 0 Å². The zero-order valence-electron chi connectivity index (χ0n) is 11.1. The van der Waals surface area contributed by atoms with Crippen LogP contribution in [0.4, 0.5) is 5.69 Å². The maximum Gasteiger partial charge on any atom is 0.273 e. The van der Waals surface area contributed by atoms with Gasteiger partial charge in [-0.3, -0.25) is 9.48 Å². The van der Waals surface area contributed by atoms with Crippen molar-refractivity contribution in [3.63, 3.8) is 0 Å². The monoisotopic (exact) mass is 259 g/mol. The molecule has 100 valence electrons. The van der Waals surface area contributed by atoms with Crippen LogP contribution in [0.25, 0.3) is 0 Å². The first-order valence-corrected chi connectivity index (χ1v) is 6.18. The molecule has 0 atom stereocenters. The highest BCUT2D eigenvalue weighted by Crippen LogP contribution is 2.12. The molecule has 1 aromatic carbocycles. The number of anilines is 1. The second-order valence-corrected chi connectivity index (χ2v) is 4.31. The molecule has 2 rings (SSSR count). The minimum atomic E-state index is -0.188. The van der Waals surface area contributed by atoms with Crippen LogP contribution in [0.2, 0.25) is 0 Å². The summed E-state index contributed by atoms with van der Waals surface area (Å²) < 4.78 is 1.58. The fraction of sp³-hybridized carbons (Fsp3) is 0.286. The molecule has 1 heterocycles. The van der Waals surface area contributed by atoms with E-state index in [2.05, 4.69) is 10.4 Å². The van der Waals surface area contributed by atoms with Gasteiger partial charge in [-0.05, 0) is 30.2 Å². The van der Waals surface area contributed by atoms with Crippen LogP contribution in [0.3, 0.4) is 0 Å². The van der Waals surface area contributed by atoms with Gasteiger partial charge in [-0.15, -0.1) is 0 Å². The molecule has 0 fully saturated rings. The molecule has 19 heavy (non-hydrogen) atoms. The van der Waals surface area contributed by atoms with Crippen LogP contribution >= 0.6 is 0 Å². The number of hydrogen-bond donors (Lipinski definition) is 2. The minimum Gasteiger partial charge on any atom is -0.392 e. The number of amides is 1. The third kappa shape index (κ3) is 3.00. The Hall–Kier alpha value is -2.14. The van der Waals surface area contributed by atoms with E-state index in [1.807, 2.05) is 6.92 Å². The zero-order valence-corrected chi connectivity index (χ0v) is 11.1. The molecule has 2 aromatic rings. The van der Waals surface area contributed by atoms with Crippen LogP contribution in [0.5, 0.6) is 0 Å². The summed E-state index contributed by atoms with van der Waals surface area (Å²) in [5, 5.41) is 16.0. The maximum atomic E-state index is 12.1. The Kier molecular flexibility index (Phi) is 3.97. The molecule has 5 nitrogen and oxygen atoms in total. The summed E-state index contributed by atoms with van der Waals surface area (Å²) in [4.78, 5) is 12.1. The molecule has 0 saturated carbocycles. The molecule has 0 spiro atoms. The number of rotatable bonds is 4. The van der Waals surface area contributed by atoms with Gasteiger partial charge in [-0.2, -0.15) is 5.10 Å². The summed E-state index contributed by atoms with van der Waals surface area (Å²) in [6.45, 7) is 1.99. The lowest BCUT2D eigenvalue weighted by atomic mass is 10.2. The number of aryl methyl sites for hydroxylation is 2. The van der Waals surface area contributed by atoms with Crippen LogP contribution in [-0.4, -0.2) is 20.8 Å². The lowest BCUT2D eigenvalue weighted by Gasteiger charge is -2.05. The standard InChI is InChI=1S/C14H17N3O2/c1-3-11-8-13(17(2)16-11)14(19)15-12-6-4-10(9-18)5-7-12/h4-8,18H,3,9H2,1-2H3,(H,15,19). The summed E-state index contributed by atoms with van der Waals surface area (Å²) in [7, 11) is 1.75. The van der Waals surface area contributed by atoms with Gasteiger partial charge >= 0.3 is 0 Å². The fourth-order valence-corrected chi connectivity index (χ4v) is 1.80. The molecule has 0 saturated heterocycles. The molecule has 2 N–H and O–H groups in total. The van der Waals surface area contributed by atoms with E-state index in [1.165, 1.54) is 0 Å². The van der Waals surface area contributed by atoms with E-state index in [0.717, 1.165) is 17.7 Å². The Balaban J connectivity index is 2.13. The molecule has 0 bridgehead atoms. The highest BCUT2D eigenvalue weighted by molar-refractivity contribution is 6.03. The van der Waals surface area contributed by atoms with Crippen molar-refractivity contribution >= 4 is 11.6 Å². The predicted molar refractivity (Wildman–Crippen MR) is 72.9 cm³/mol. The smallest absolute Gasteiger partial charge is 0.273 e. The second kappa shape index (κ2) is 5.67. The van der Waals surface area contributed by atoms with Gasteiger partial charge in [0.25, 0.3) is 5.91 Å². The number of benzene rings is 1. The van der Waals surface area contributed by atoms with Crippen molar-refractivity contribution in [2.75, 3.05) is 5.32 Å². The van der Waals surface area contributed by atoms with Crippen molar-refractivity contribution in [1.29, 1.82) is 0 Å². The topological polar surface area (TPSA) is 67.2 Å². The number of aliphatic hydroxyl groups excluding tert-OH is 1. The van der Waals surface area contributed by atoms with Crippen molar-refractivity contribution in [1.82, 2.24) is 9.78 Å². The molecule has 1 amide bonds. The highest BCUT2D eigenvalue weighted by Gasteiger charge is 2.12. The van der Waals surface area contributed by atoms with Crippen LogP contribution in [-0.2, 0) is 20.1 Å². The summed E-state index contributed by atoms with van der Waals surface area (Å²) in [6.07, 6.45) is 0.798. The summed E-state index contributed by atoms with van der Waals surface area (Å²) >= 11 is 0. The second-order valence-electron chi connectivity index (χ2n) is 4.31.